The van der Waals surface area contributed by atoms with Crippen molar-refractivity contribution >= 4 is 0 Å². The van der Waals surface area contributed by atoms with Crippen molar-refractivity contribution in [3.8, 4) is 0 Å². The Morgan fingerprint density at radius 3 is 2.83 bits per heavy atom. The van der Waals surface area contributed by atoms with Crippen LogP contribution in [0.5, 0.6) is 0 Å². The van der Waals surface area contributed by atoms with Crippen LogP contribution in [-0.2, 0) is 12.8 Å². The Morgan fingerprint density at radius 2 is 2.00 bits per heavy atom. The smallest absolute Gasteiger partial charge is 0.0107 e. The molecule has 1 N–H and O–H groups in total. The van der Waals surface area contributed by atoms with Crippen LogP contribution in [0.15, 0.2) is 24.3 Å². The summed E-state index contributed by atoms with van der Waals surface area (Å²) in [4.78, 5) is 0. The molecule has 0 radical (unpaired) electrons. The van der Waals surface area contributed by atoms with Crippen LogP contribution in [0.3, 0.4) is 0 Å². The Hall–Kier alpha value is -0.820. The van der Waals surface area contributed by atoms with Crippen LogP contribution >= 0.6 is 0 Å². The first kappa shape index (κ1) is 13.6. The largest absolute Gasteiger partial charge is 0.314 e. The zero-order chi connectivity index (χ0) is 12.8. The lowest BCUT2D eigenvalue weighted by Crippen LogP contribution is -2.30. The van der Waals surface area contributed by atoms with Crippen molar-refractivity contribution in [3.63, 3.8) is 0 Å². The average molecular weight is 245 g/mol. The molecule has 0 amide bonds. The van der Waals surface area contributed by atoms with E-state index in [1.807, 2.05) is 0 Å². The van der Waals surface area contributed by atoms with E-state index in [-0.39, 0.29) is 0 Å². The summed E-state index contributed by atoms with van der Waals surface area (Å²) in [5, 5.41) is 3.69. The lowest BCUT2D eigenvalue weighted by Gasteiger charge is -2.16. The zero-order valence-electron chi connectivity index (χ0n) is 11.9. The summed E-state index contributed by atoms with van der Waals surface area (Å²) < 4.78 is 0. The Bertz CT molecular complexity index is 348. The number of nitrogens with one attached hydrogen (secondary N) is 1. The van der Waals surface area contributed by atoms with Crippen molar-refractivity contribution in [1.82, 2.24) is 5.32 Å². The van der Waals surface area contributed by atoms with Gasteiger partial charge in [0.05, 0.1) is 0 Å². The van der Waals surface area contributed by atoms with E-state index in [0.717, 1.165) is 5.92 Å². The highest BCUT2D eigenvalue weighted by Crippen LogP contribution is 2.16. The minimum absolute atomic E-state index is 0.696. The Labute approximate surface area is 112 Å². The highest BCUT2D eigenvalue weighted by atomic mass is 14.9. The molecule has 0 aromatic heterocycles. The summed E-state index contributed by atoms with van der Waals surface area (Å²) >= 11 is 0. The molecule has 0 spiro atoms. The van der Waals surface area contributed by atoms with Crippen LogP contribution in [0.4, 0.5) is 0 Å². The van der Waals surface area contributed by atoms with Gasteiger partial charge < -0.3 is 5.32 Å². The van der Waals surface area contributed by atoms with Gasteiger partial charge in [-0.05, 0) is 49.3 Å². The van der Waals surface area contributed by atoms with Gasteiger partial charge >= 0.3 is 0 Å². The summed E-state index contributed by atoms with van der Waals surface area (Å²) in [5.41, 5.74) is 3.00. The van der Waals surface area contributed by atoms with Crippen LogP contribution in [0.2, 0.25) is 0 Å². The van der Waals surface area contributed by atoms with Gasteiger partial charge in [-0.15, -0.1) is 0 Å². The van der Waals surface area contributed by atoms with Gasteiger partial charge in [0.1, 0.15) is 0 Å². The number of hydrogen-bond donors (Lipinski definition) is 1. The minimum atomic E-state index is 0.696. The molecule has 1 saturated heterocycles. The second-order valence-electron chi connectivity index (χ2n) is 6.12. The van der Waals surface area contributed by atoms with Gasteiger partial charge in [-0.25, -0.2) is 0 Å². The quantitative estimate of drug-likeness (QED) is 0.846. The fourth-order valence-corrected chi connectivity index (χ4v) is 2.91. The van der Waals surface area contributed by atoms with Crippen molar-refractivity contribution in [2.75, 3.05) is 6.54 Å². The van der Waals surface area contributed by atoms with Crippen LogP contribution in [0, 0.1) is 5.92 Å². The van der Waals surface area contributed by atoms with E-state index >= 15 is 0 Å². The highest BCUT2D eigenvalue weighted by molar-refractivity contribution is 5.24. The molecule has 1 heteroatoms. The first-order valence-corrected chi connectivity index (χ1v) is 7.55. The Balaban J connectivity index is 1.95. The molecule has 1 aliphatic rings. The fraction of sp³-hybridized carbons (Fsp3) is 0.647. The number of hydrogen-bond acceptors (Lipinski definition) is 1. The van der Waals surface area contributed by atoms with E-state index in [1.165, 1.54) is 56.2 Å². The molecular formula is C17H27N. The van der Waals surface area contributed by atoms with Gasteiger partial charge in [-0.2, -0.15) is 0 Å². The molecule has 1 aliphatic heterocycles. The van der Waals surface area contributed by atoms with E-state index in [9.17, 15) is 0 Å². The molecule has 1 nitrogen and oxygen atoms in total. The van der Waals surface area contributed by atoms with Crippen molar-refractivity contribution in [2.24, 2.45) is 5.92 Å². The average Bonchev–Trinajstić information content (AvgIpc) is 2.57. The van der Waals surface area contributed by atoms with Crippen LogP contribution in [0.1, 0.15) is 50.7 Å². The van der Waals surface area contributed by atoms with Gasteiger partial charge in [-0.3, -0.25) is 0 Å². The molecule has 1 fully saturated rings. The predicted octanol–water partition coefficient (Wildman–Crippen LogP) is 3.96. The molecule has 18 heavy (non-hydrogen) atoms. The summed E-state index contributed by atoms with van der Waals surface area (Å²) in [5.74, 6) is 0.747. The lowest BCUT2D eigenvalue weighted by molar-refractivity contribution is 0.507. The van der Waals surface area contributed by atoms with Crippen molar-refractivity contribution < 1.29 is 0 Å². The van der Waals surface area contributed by atoms with Gasteiger partial charge in [0.15, 0.2) is 0 Å². The molecule has 1 heterocycles. The van der Waals surface area contributed by atoms with Gasteiger partial charge in [-0.1, -0.05) is 51.0 Å². The molecule has 2 rings (SSSR count). The Kier molecular flexibility index (Phi) is 5.25. The molecule has 0 aliphatic carbocycles. The maximum absolute atomic E-state index is 3.69. The topological polar surface area (TPSA) is 12.0 Å². The van der Waals surface area contributed by atoms with Crippen LogP contribution in [0.25, 0.3) is 0 Å². The molecule has 1 unspecified atom stereocenters. The van der Waals surface area contributed by atoms with Crippen molar-refractivity contribution in [3.05, 3.63) is 35.4 Å². The third-order valence-electron chi connectivity index (χ3n) is 3.78. The number of benzene rings is 1. The summed E-state index contributed by atoms with van der Waals surface area (Å²) in [6.07, 6.45) is 7.89. The van der Waals surface area contributed by atoms with E-state index in [1.54, 1.807) is 0 Å². The Morgan fingerprint density at radius 1 is 1.17 bits per heavy atom. The maximum atomic E-state index is 3.69. The predicted molar refractivity (Wildman–Crippen MR) is 78.9 cm³/mol. The molecule has 1 aromatic carbocycles. The first-order valence-electron chi connectivity index (χ1n) is 7.55. The van der Waals surface area contributed by atoms with E-state index in [4.69, 9.17) is 0 Å². The summed E-state index contributed by atoms with van der Waals surface area (Å²) in [6, 6.07) is 9.89. The van der Waals surface area contributed by atoms with Crippen LogP contribution < -0.4 is 5.32 Å². The van der Waals surface area contributed by atoms with Gasteiger partial charge in [0.25, 0.3) is 0 Å². The SMILES string of the molecule is CC(C)Cc1cccc(CC2CCCCCN2)c1. The fourth-order valence-electron chi connectivity index (χ4n) is 2.91. The van der Waals surface area contributed by atoms with Crippen LogP contribution in [-0.4, -0.2) is 12.6 Å². The monoisotopic (exact) mass is 245 g/mol. The zero-order valence-corrected chi connectivity index (χ0v) is 11.9. The molecule has 1 aromatic rings. The van der Waals surface area contributed by atoms with Gasteiger partial charge in [0.2, 0.25) is 0 Å². The van der Waals surface area contributed by atoms with E-state index in [0.29, 0.717) is 6.04 Å². The normalized spacial score (nSPS) is 20.9. The van der Waals surface area contributed by atoms with E-state index < -0.39 is 0 Å². The second-order valence-corrected chi connectivity index (χ2v) is 6.12. The highest BCUT2D eigenvalue weighted by Gasteiger charge is 2.12. The molecule has 0 bridgehead atoms. The summed E-state index contributed by atoms with van der Waals surface area (Å²) in [6.45, 7) is 5.79. The lowest BCUT2D eigenvalue weighted by atomic mass is 9.97. The number of rotatable bonds is 4. The third kappa shape index (κ3) is 4.45. The van der Waals surface area contributed by atoms with Crippen molar-refractivity contribution in [1.29, 1.82) is 0 Å². The molecule has 100 valence electrons. The standard InChI is InChI=1S/C17H27N/c1-14(2)11-15-7-6-8-16(12-15)13-17-9-4-3-5-10-18-17/h6-8,12,14,17-18H,3-5,9-11,13H2,1-2H3. The van der Waals surface area contributed by atoms with E-state index in [2.05, 4.69) is 43.4 Å². The second kappa shape index (κ2) is 6.94. The van der Waals surface area contributed by atoms with Gasteiger partial charge in [0, 0.05) is 6.04 Å². The maximum Gasteiger partial charge on any atom is 0.0107 e. The first-order chi connectivity index (χ1) is 8.74. The minimum Gasteiger partial charge on any atom is -0.314 e. The molecular weight excluding hydrogens is 218 g/mol. The van der Waals surface area contributed by atoms with Crippen molar-refractivity contribution in [2.45, 2.75) is 58.4 Å². The third-order valence-corrected chi connectivity index (χ3v) is 3.78. The molecule has 0 saturated carbocycles. The molecule has 1 atom stereocenters. The summed E-state index contributed by atoms with van der Waals surface area (Å²) in [7, 11) is 0.